The lowest BCUT2D eigenvalue weighted by Gasteiger charge is -2.23. The highest BCUT2D eigenvalue weighted by Gasteiger charge is 2.16. The summed E-state index contributed by atoms with van der Waals surface area (Å²) in [5.74, 6) is 0.811. The van der Waals surface area contributed by atoms with Gasteiger partial charge in [0.05, 0.1) is 17.7 Å². The number of likely N-dealkylation sites (N-methyl/N-ethyl adjacent to an activating group) is 1. The lowest BCUT2D eigenvalue weighted by atomic mass is 10.1. The maximum atomic E-state index is 13.0. The average molecular weight is 418 g/mol. The Hall–Kier alpha value is -3.10. The highest BCUT2D eigenvalue weighted by atomic mass is 16.5. The molecule has 162 valence electrons. The Balaban J connectivity index is 1.68. The second-order valence-electron chi connectivity index (χ2n) is 8.31. The third-order valence-corrected chi connectivity index (χ3v) is 5.44. The van der Waals surface area contributed by atoms with Crippen molar-refractivity contribution < 1.29 is 9.53 Å². The number of carbonyl (C=O) groups is 1. The van der Waals surface area contributed by atoms with Crippen molar-refractivity contribution in [2.24, 2.45) is 0 Å². The molecule has 1 saturated carbocycles. The van der Waals surface area contributed by atoms with Crippen LogP contribution >= 0.6 is 0 Å². The fourth-order valence-electron chi connectivity index (χ4n) is 3.71. The quantitative estimate of drug-likeness (QED) is 0.565. The Morgan fingerprint density at radius 2 is 1.90 bits per heavy atom. The van der Waals surface area contributed by atoms with Gasteiger partial charge in [-0.2, -0.15) is 5.26 Å². The molecule has 0 radical (unpaired) electrons. The molecular weight excluding hydrogens is 386 g/mol. The van der Waals surface area contributed by atoms with Crippen molar-refractivity contribution in [2.75, 3.05) is 27.2 Å². The number of hydrogen-bond donors (Lipinski definition) is 0. The van der Waals surface area contributed by atoms with Crippen LogP contribution in [0.3, 0.4) is 0 Å². The second kappa shape index (κ2) is 11.3. The van der Waals surface area contributed by atoms with E-state index < -0.39 is 0 Å². The Labute approximate surface area is 185 Å². The lowest BCUT2D eigenvalue weighted by Crippen LogP contribution is -2.35. The predicted molar refractivity (Wildman–Crippen MR) is 123 cm³/mol. The summed E-state index contributed by atoms with van der Waals surface area (Å²) in [5, 5.41) is 9.15. The molecule has 0 bridgehead atoms. The first-order valence-corrected chi connectivity index (χ1v) is 10.9. The minimum atomic E-state index is -0.0497. The van der Waals surface area contributed by atoms with Gasteiger partial charge in [-0.15, -0.1) is 0 Å². The van der Waals surface area contributed by atoms with Crippen LogP contribution in [0, 0.1) is 11.3 Å². The lowest BCUT2D eigenvalue weighted by molar-refractivity contribution is -0.126. The molecule has 0 saturated heterocycles. The molecular formula is C26H31N3O2. The van der Waals surface area contributed by atoms with Crippen molar-refractivity contribution in [3.05, 3.63) is 71.3 Å². The third kappa shape index (κ3) is 7.27. The van der Waals surface area contributed by atoms with Gasteiger partial charge in [-0.1, -0.05) is 24.3 Å². The van der Waals surface area contributed by atoms with Crippen LogP contribution in [0.5, 0.6) is 5.75 Å². The van der Waals surface area contributed by atoms with Crippen molar-refractivity contribution in [1.82, 2.24) is 9.80 Å². The standard InChI is InChI=1S/C26H31N3O2/c1-28(2)15-16-29(20-23-9-5-8-22(17-23)19-27)26(30)14-13-21-7-6-12-25(18-21)31-24-10-3-4-11-24/h5-9,12-14,17-18,24H,3-4,10-11,15-16,20H2,1-2H3/b14-13+. The van der Waals surface area contributed by atoms with E-state index in [4.69, 9.17) is 10.00 Å². The van der Waals surface area contributed by atoms with Gasteiger partial charge in [0, 0.05) is 25.7 Å². The summed E-state index contributed by atoms with van der Waals surface area (Å²) >= 11 is 0. The molecule has 0 N–H and O–H groups in total. The van der Waals surface area contributed by atoms with E-state index in [1.165, 1.54) is 12.8 Å². The van der Waals surface area contributed by atoms with Crippen molar-refractivity contribution >= 4 is 12.0 Å². The average Bonchev–Trinajstić information content (AvgIpc) is 3.28. The Morgan fingerprint density at radius 3 is 2.65 bits per heavy atom. The summed E-state index contributed by atoms with van der Waals surface area (Å²) in [6, 6.07) is 17.5. The van der Waals surface area contributed by atoms with Crippen LogP contribution in [0.2, 0.25) is 0 Å². The van der Waals surface area contributed by atoms with Crippen LogP contribution in [0.25, 0.3) is 6.08 Å². The molecule has 31 heavy (non-hydrogen) atoms. The predicted octanol–water partition coefficient (Wildman–Crippen LogP) is 4.48. The van der Waals surface area contributed by atoms with Gasteiger partial charge in [-0.25, -0.2) is 0 Å². The smallest absolute Gasteiger partial charge is 0.246 e. The number of ether oxygens (including phenoxy) is 1. The zero-order chi connectivity index (χ0) is 22.1. The van der Waals surface area contributed by atoms with Gasteiger partial charge in [0.15, 0.2) is 0 Å². The largest absolute Gasteiger partial charge is 0.490 e. The highest BCUT2D eigenvalue weighted by molar-refractivity contribution is 5.91. The van der Waals surface area contributed by atoms with E-state index in [9.17, 15) is 4.79 Å². The monoisotopic (exact) mass is 417 g/mol. The molecule has 0 atom stereocenters. The van der Waals surface area contributed by atoms with Gasteiger partial charge in [0.2, 0.25) is 5.91 Å². The zero-order valence-corrected chi connectivity index (χ0v) is 18.5. The van der Waals surface area contributed by atoms with Crippen LogP contribution in [0.15, 0.2) is 54.6 Å². The normalized spacial score (nSPS) is 14.1. The topological polar surface area (TPSA) is 56.6 Å². The molecule has 1 amide bonds. The fourth-order valence-corrected chi connectivity index (χ4v) is 3.71. The number of nitrogens with zero attached hydrogens (tertiary/aromatic N) is 3. The molecule has 1 fully saturated rings. The van der Waals surface area contributed by atoms with Crippen LogP contribution in [0.1, 0.15) is 42.4 Å². The summed E-state index contributed by atoms with van der Waals surface area (Å²) in [6.45, 7) is 1.84. The Kier molecular flexibility index (Phi) is 8.26. The van der Waals surface area contributed by atoms with E-state index >= 15 is 0 Å². The molecule has 1 aliphatic carbocycles. The SMILES string of the molecule is CN(C)CCN(Cc1cccc(C#N)c1)C(=O)/C=C/c1cccc(OC2CCCC2)c1. The third-order valence-electron chi connectivity index (χ3n) is 5.44. The van der Waals surface area contributed by atoms with Crippen molar-refractivity contribution in [3.63, 3.8) is 0 Å². The van der Waals surface area contributed by atoms with Gasteiger partial charge < -0.3 is 14.5 Å². The van der Waals surface area contributed by atoms with Gasteiger partial charge in [0.1, 0.15) is 5.75 Å². The van der Waals surface area contributed by atoms with E-state index in [0.29, 0.717) is 24.8 Å². The maximum Gasteiger partial charge on any atom is 0.246 e. The van der Waals surface area contributed by atoms with E-state index in [-0.39, 0.29) is 5.91 Å². The van der Waals surface area contributed by atoms with E-state index in [1.54, 1.807) is 12.1 Å². The molecule has 0 spiro atoms. The second-order valence-corrected chi connectivity index (χ2v) is 8.31. The summed E-state index contributed by atoms with van der Waals surface area (Å²) in [5.41, 5.74) is 2.50. The minimum Gasteiger partial charge on any atom is -0.490 e. The number of rotatable bonds is 9. The molecule has 3 rings (SSSR count). The van der Waals surface area contributed by atoms with E-state index in [0.717, 1.165) is 36.3 Å². The first-order valence-electron chi connectivity index (χ1n) is 10.9. The maximum absolute atomic E-state index is 13.0. The summed E-state index contributed by atoms with van der Waals surface area (Å²) in [7, 11) is 3.98. The molecule has 2 aromatic rings. The molecule has 2 aromatic carbocycles. The molecule has 5 nitrogen and oxygen atoms in total. The molecule has 0 heterocycles. The van der Waals surface area contributed by atoms with Gasteiger partial charge in [-0.3, -0.25) is 4.79 Å². The summed E-state index contributed by atoms with van der Waals surface area (Å²) < 4.78 is 6.07. The first kappa shape index (κ1) is 22.6. The number of hydrogen-bond acceptors (Lipinski definition) is 4. The number of amides is 1. The summed E-state index contributed by atoms with van der Waals surface area (Å²) in [6.07, 6.45) is 8.49. The molecule has 1 aliphatic rings. The Bertz CT molecular complexity index is 940. The van der Waals surface area contributed by atoms with Gasteiger partial charge in [-0.05, 0) is 81.2 Å². The first-order chi connectivity index (χ1) is 15.0. The molecule has 0 unspecified atom stereocenters. The van der Waals surface area contributed by atoms with Crippen molar-refractivity contribution in [3.8, 4) is 11.8 Å². The van der Waals surface area contributed by atoms with Crippen LogP contribution in [-0.4, -0.2) is 49.0 Å². The van der Waals surface area contributed by atoms with Crippen molar-refractivity contribution in [1.29, 1.82) is 5.26 Å². The van der Waals surface area contributed by atoms with Crippen molar-refractivity contribution in [2.45, 2.75) is 38.3 Å². The van der Waals surface area contributed by atoms with Gasteiger partial charge in [0.25, 0.3) is 0 Å². The number of benzene rings is 2. The van der Waals surface area contributed by atoms with Crippen LogP contribution in [-0.2, 0) is 11.3 Å². The van der Waals surface area contributed by atoms with E-state index in [2.05, 4.69) is 11.0 Å². The zero-order valence-electron chi connectivity index (χ0n) is 18.5. The fraction of sp³-hybridized carbons (Fsp3) is 0.385. The van der Waals surface area contributed by atoms with E-state index in [1.807, 2.05) is 67.5 Å². The summed E-state index contributed by atoms with van der Waals surface area (Å²) in [4.78, 5) is 16.8. The molecule has 0 aromatic heterocycles. The van der Waals surface area contributed by atoms with Crippen LogP contribution < -0.4 is 4.74 Å². The molecule has 5 heteroatoms. The van der Waals surface area contributed by atoms with Gasteiger partial charge >= 0.3 is 0 Å². The molecule has 0 aliphatic heterocycles. The van der Waals surface area contributed by atoms with Crippen LogP contribution in [0.4, 0.5) is 0 Å². The Morgan fingerprint density at radius 1 is 1.13 bits per heavy atom. The number of carbonyl (C=O) groups excluding carboxylic acids is 1. The minimum absolute atomic E-state index is 0.0497. The number of nitriles is 1. The highest BCUT2D eigenvalue weighted by Crippen LogP contribution is 2.25.